The number of rotatable bonds is 3. The molecule has 3 heteroatoms. The van der Waals surface area contributed by atoms with Gasteiger partial charge in [-0.15, -0.1) is 0 Å². The first-order valence-electron chi connectivity index (χ1n) is 7.47. The van der Waals surface area contributed by atoms with Gasteiger partial charge in [0.1, 0.15) is 0 Å². The van der Waals surface area contributed by atoms with Crippen molar-refractivity contribution in [3.05, 3.63) is 0 Å². The molecule has 18 heavy (non-hydrogen) atoms. The second-order valence-electron chi connectivity index (χ2n) is 7.22. The Bertz CT molecular complexity index is 289. The lowest BCUT2D eigenvalue weighted by Crippen LogP contribution is -2.40. The molecule has 1 N–H and O–H groups in total. The quantitative estimate of drug-likeness (QED) is 0.837. The second-order valence-corrected chi connectivity index (χ2v) is 7.22. The van der Waals surface area contributed by atoms with E-state index in [0.29, 0.717) is 12.5 Å². The Hall–Kier alpha value is -0.570. The molecule has 2 rings (SSSR count). The molecule has 0 aromatic heterocycles. The highest BCUT2D eigenvalue weighted by atomic mass is 16.1. The van der Waals surface area contributed by atoms with Crippen LogP contribution in [0.5, 0.6) is 0 Å². The van der Waals surface area contributed by atoms with Crippen LogP contribution in [-0.4, -0.2) is 36.0 Å². The van der Waals surface area contributed by atoms with Crippen molar-refractivity contribution >= 4 is 5.91 Å². The van der Waals surface area contributed by atoms with Crippen molar-refractivity contribution in [2.24, 2.45) is 5.41 Å². The van der Waals surface area contributed by atoms with Crippen LogP contribution in [0.2, 0.25) is 0 Å². The largest absolute Gasteiger partial charge is 0.352 e. The molecule has 0 unspecified atom stereocenters. The van der Waals surface area contributed by atoms with E-state index in [4.69, 9.17) is 0 Å². The van der Waals surface area contributed by atoms with Crippen LogP contribution in [0.1, 0.15) is 59.3 Å². The van der Waals surface area contributed by atoms with Crippen LogP contribution in [0, 0.1) is 5.41 Å². The molecule has 1 saturated heterocycles. The molecule has 2 aliphatic rings. The lowest BCUT2D eigenvalue weighted by molar-refractivity contribution is -0.123. The molecule has 1 aliphatic heterocycles. The monoisotopic (exact) mass is 252 g/mol. The van der Waals surface area contributed by atoms with Gasteiger partial charge in [0.25, 0.3) is 0 Å². The molecule has 0 aromatic carbocycles. The lowest BCUT2D eigenvalue weighted by atomic mass is 9.92. The SMILES string of the molecule is CC(C)(C)CC(=O)N[C@H]1CCN(C2CCCC2)C1. The van der Waals surface area contributed by atoms with Gasteiger partial charge in [-0.3, -0.25) is 9.69 Å². The lowest BCUT2D eigenvalue weighted by Gasteiger charge is -2.24. The summed E-state index contributed by atoms with van der Waals surface area (Å²) in [6.45, 7) is 8.59. The van der Waals surface area contributed by atoms with E-state index < -0.39 is 0 Å². The predicted octanol–water partition coefficient (Wildman–Crippen LogP) is 2.56. The van der Waals surface area contributed by atoms with E-state index in [-0.39, 0.29) is 11.3 Å². The van der Waals surface area contributed by atoms with Gasteiger partial charge in [0, 0.05) is 31.6 Å². The minimum absolute atomic E-state index is 0.0911. The van der Waals surface area contributed by atoms with Crippen LogP contribution >= 0.6 is 0 Å². The second kappa shape index (κ2) is 5.60. The predicted molar refractivity (Wildman–Crippen MR) is 74.4 cm³/mol. The van der Waals surface area contributed by atoms with Crippen LogP contribution in [0.4, 0.5) is 0 Å². The topological polar surface area (TPSA) is 32.3 Å². The summed E-state index contributed by atoms with van der Waals surface area (Å²) in [6, 6.07) is 1.19. The average Bonchev–Trinajstić information content (AvgIpc) is 2.82. The van der Waals surface area contributed by atoms with Gasteiger partial charge in [-0.2, -0.15) is 0 Å². The summed E-state index contributed by atoms with van der Waals surface area (Å²) < 4.78 is 0. The number of nitrogens with one attached hydrogen (secondary N) is 1. The zero-order chi connectivity index (χ0) is 13.2. The summed E-state index contributed by atoms with van der Waals surface area (Å²) in [5.41, 5.74) is 0.0911. The maximum atomic E-state index is 11.9. The molecule has 1 atom stereocenters. The number of likely N-dealkylation sites (tertiary alicyclic amines) is 1. The molecular formula is C15H28N2O. The number of hydrogen-bond donors (Lipinski definition) is 1. The number of nitrogens with zero attached hydrogens (tertiary/aromatic N) is 1. The van der Waals surface area contributed by atoms with E-state index in [2.05, 4.69) is 31.0 Å². The standard InChI is InChI=1S/C15H28N2O/c1-15(2,3)10-14(18)16-12-8-9-17(11-12)13-6-4-5-7-13/h12-13H,4-11H2,1-3H3,(H,16,18)/t12-/m0/s1. The smallest absolute Gasteiger partial charge is 0.220 e. The molecule has 1 aliphatic carbocycles. The van der Waals surface area contributed by atoms with Gasteiger partial charge in [-0.05, 0) is 24.7 Å². The van der Waals surface area contributed by atoms with Crippen molar-refractivity contribution in [2.75, 3.05) is 13.1 Å². The van der Waals surface area contributed by atoms with Crippen LogP contribution in [0.15, 0.2) is 0 Å². The molecule has 0 spiro atoms. The van der Waals surface area contributed by atoms with Crippen LogP contribution in [0.3, 0.4) is 0 Å². The number of hydrogen-bond acceptors (Lipinski definition) is 2. The van der Waals surface area contributed by atoms with E-state index in [1.807, 2.05) is 0 Å². The van der Waals surface area contributed by atoms with Gasteiger partial charge in [0.15, 0.2) is 0 Å². The number of carbonyl (C=O) groups is 1. The number of carbonyl (C=O) groups excluding carboxylic acids is 1. The molecule has 0 radical (unpaired) electrons. The van der Waals surface area contributed by atoms with Crippen LogP contribution in [-0.2, 0) is 4.79 Å². The highest BCUT2D eigenvalue weighted by Gasteiger charge is 2.30. The molecule has 1 saturated carbocycles. The number of amides is 1. The van der Waals surface area contributed by atoms with Gasteiger partial charge in [-0.25, -0.2) is 0 Å². The third kappa shape index (κ3) is 3.98. The van der Waals surface area contributed by atoms with E-state index >= 15 is 0 Å². The van der Waals surface area contributed by atoms with Crippen molar-refractivity contribution in [3.63, 3.8) is 0 Å². The van der Waals surface area contributed by atoms with Crippen molar-refractivity contribution in [1.82, 2.24) is 10.2 Å². The van der Waals surface area contributed by atoms with Crippen molar-refractivity contribution in [3.8, 4) is 0 Å². The first kappa shape index (κ1) is 13.9. The summed E-state index contributed by atoms with van der Waals surface area (Å²) in [5.74, 6) is 0.223. The molecule has 0 bridgehead atoms. The Morgan fingerprint density at radius 2 is 1.89 bits per heavy atom. The minimum Gasteiger partial charge on any atom is -0.352 e. The zero-order valence-corrected chi connectivity index (χ0v) is 12.2. The fourth-order valence-corrected chi connectivity index (χ4v) is 3.27. The molecule has 2 fully saturated rings. The van der Waals surface area contributed by atoms with Crippen LogP contribution in [0.25, 0.3) is 0 Å². The molecule has 1 heterocycles. The minimum atomic E-state index is 0.0911. The van der Waals surface area contributed by atoms with E-state index in [0.717, 1.165) is 19.0 Å². The average molecular weight is 252 g/mol. The highest BCUT2D eigenvalue weighted by Crippen LogP contribution is 2.26. The van der Waals surface area contributed by atoms with Gasteiger partial charge < -0.3 is 5.32 Å². The summed E-state index contributed by atoms with van der Waals surface area (Å²) in [7, 11) is 0. The van der Waals surface area contributed by atoms with Gasteiger partial charge >= 0.3 is 0 Å². The first-order chi connectivity index (χ1) is 8.44. The van der Waals surface area contributed by atoms with Crippen LogP contribution < -0.4 is 5.32 Å². The van der Waals surface area contributed by atoms with Crippen molar-refractivity contribution in [2.45, 2.75) is 71.4 Å². The van der Waals surface area contributed by atoms with Crippen molar-refractivity contribution in [1.29, 1.82) is 0 Å². The van der Waals surface area contributed by atoms with Crippen molar-refractivity contribution < 1.29 is 4.79 Å². The molecule has 0 aromatic rings. The summed E-state index contributed by atoms with van der Waals surface area (Å²) in [6.07, 6.45) is 7.27. The molecule has 3 nitrogen and oxygen atoms in total. The van der Waals surface area contributed by atoms with Gasteiger partial charge in [0.05, 0.1) is 0 Å². The third-order valence-electron chi connectivity index (χ3n) is 4.12. The Morgan fingerprint density at radius 3 is 2.50 bits per heavy atom. The van der Waals surface area contributed by atoms with E-state index in [1.165, 1.54) is 32.2 Å². The summed E-state index contributed by atoms with van der Waals surface area (Å²) >= 11 is 0. The molecule has 1 amide bonds. The molecular weight excluding hydrogens is 224 g/mol. The fourth-order valence-electron chi connectivity index (χ4n) is 3.27. The molecule has 104 valence electrons. The zero-order valence-electron chi connectivity index (χ0n) is 12.2. The highest BCUT2D eigenvalue weighted by molar-refractivity contribution is 5.76. The maximum Gasteiger partial charge on any atom is 0.220 e. The fraction of sp³-hybridized carbons (Fsp3) is 0.933. The van der Waals surface area contributed by atoms with E-state index in [1.54, 1.807) is 0 Å². The first-order valence-corrected chi connectivity index (χ1v) is 7.47. The Kier molecular flexibility index (Phi) is 4.31. The van der Waals surface area contributed by atoms with Gasteiger partial charge in [0.2, 0.25) is 5.91 Å². The maximum absolute atomic E-state index is 11.9. The summed E-state index contributed by atoms with van der Waals surface area (Å²) in [5, 5.41) is 3.21. The summed E-state index contributed by atoms with van der Waals surface area (Å²) in [4.78, 5) is 14.5. The Balaban J connectivity index is 1.73. The Labute approximate surface area is 111 Å². The van der Waals surface area contributed by atoms with E-state index in [9.17, 15) is 4.79 Å². The Morgan fingerprint density at radius 1 is 1.22 bits per heavy atom. The normalized spacial score (nSPS) is 26.7. The van der Waals surface area contributed by atoms with Gasteiger partial charge in [-0.1, -0.05) is 33.6 Å². The third-order valence-corrected chi connectivity index (χ3v) is 4.12.